The fourth-order valence-electron chi connectivity index (χ4n) is 3.49. The molecule has 0 bridgehead atoms. The lowest BCUT2D eigenvalue weighted by molar-refractivity contribution is -0.139. The topological polar surface area (TPSA) is 142 Å². The fourth-order valence-corrected chi connectivity index (χ4v) is 3.89. The molecule has 9 nitrogen and oxygen atoms in total. The first-order chi connectivity index (χ1) is 14.3. The van der Waals surface area contributed by atoms with Gasteiger partial charge < -0.3 is 20.5 Å². The van der Waals surface area contributed by atoms with Gasteiger partial charge in [-0.15, -0.1) is 0 Å². The number of hydrogen-bond donors (Lipinski definition) is 4. The van der Waals surface area contributed by atoms with Crippen LogP contribution < -0.4 is 10.6 Å². The van der Waals surface area contributed by atoms with Crippen LogP contribution in [0.15, 0.2) is 48.5 Å². The minimum Gasteiger partial charge on any atom is -0.480 e. The summed E-state index contributed by atoms with van der Waals surface area (Å²) in [5.41, 5.74) is 4.23. The molecule has 0 aromatic heterocycles. The highest BCUT2D eigenvalue weighted by molar-refractivity contribution is 7.85. The molecule has 0 unspecified atom stereocenters. The van der Waals surface area contributed by atoms with Gasteiger partial charge in [-0.05, 0) is 35.2 Å². The van der Waals surface area contributed by atoms with E-state index in [2.05, 4.69) is 10.6 Å². The van der Waals surface area contributed by atoms with Gasteiger partial charge in [0.1, 0.15) is 18.5 Å². The number of fused-ring (bicyclic) bond motifs is 3. The van der Waals surface area contributed by atoms with Gasteiger partial charge in [-0.2, -0.15) is 8.42 Å². The van der Waals surface area contributed by atoms with Crippen molar-refractivity contribution >= 4 is 22.2 Å². The number of benzene rings is 2. The second-order valence-corrected chi connectivity index (χ2v) is 8.33. The van der Waals surface area contributed by atoms with Crippen molar-refractivity contribution in [1.82, 2.24) is 10.6 Å². The van der Waals surface area contributed by atoms with Crippen LogP contribution in [0.3, 0.4) is 0 Å². The van der Waals surface area contributed by atoms with E-state index in [0.29, 0.717) is 0 Å². The molecule has 0 heterocycles. The minimum absolute atomic E-state index is 0.0413. The van der Waals surface area contributed by atoms with E-state index in [1.807, 2.05) is 48.5 Å². The second kappa shape index (κ2) is 9.24. The Kier molecular flexibility index (Phi) is 6.70. The zero-order valence-electron chi connectivity index (χ0n) is 15.9. The molecule has 2 aromatic carbocycles. The summed E-state index contributed by atoms with van der Waals surface area (Å²) < 4.78 is 35.3. The van der Waals surface area contributed by atoms with E-state index >= 15 is 0 Å². The Morgan fingerprint density at radius 3 is 2.13 bits per heavy atom. The van der Waals surface area contributed by atoms with E-state index in [0.717, 1.165) is 22.3 Å². The number of rotatable bonds is 9. The highest BCUT2D eigenvalue weighted by atomic mass is 32.2. The zero-order valence-corrected chi connectivity index (χ0v) is 16.8. The predicted octanol–water partition coefficient (Wildman–Crippen LogP) is 1.80. The van der Waals surface area contributed by atoms with Gasteiger partial charge in [0, 0.05) is 5.92 Å². The molecule has 0 saturated heterocycles. The molecule has 10 heteroatoms. The molecule has 1 aliphatic carbocycles. The minimum atomic E-state index is -4.20. The molecule has 1 atom stereocenters. The molecule has 1 aliphatic rings. The Morgan fingerprint density at radius 1 is 1.03 bits per heavy atom. The van der Waals surface area contributed by atoms with Crippen LogP contribution in [0.4, 0.5) is 4.79 Å². The first-order valence-electron chi connectivity index (χ1n) is 9.26. The molecule has 1 amide bonds. The molecule has 4 N–H and O–H groups in total. The number of carboxylic acids is 1. The van der Waals surface area contributed by atoms with Crippen LogP contribution in [0, 0.1) is 0 Å². The van der Waals surface area contributed by atoms with Crippen molar-refractivity contribution in [2.75, 3.05) is 19.0 Å². The summed E-state index contributed by atoms with van der Waals surface area (Å²) in [6.07, 6.45) is -0.964. The van der Waals surface area contributed by atoms with Crippen LogP contribution >= 0.6 is 0 Å². The third-order valence-electron chi connectivity index (χ3n) is 4.83. The number of hydrogen-bond acceptors (Lipinski definition) is 6. The van der Waals surface area contributed by atoms with E-state index < -0.39 is 34.1 Å². The molecular formula is C20H22N2O7S. The van der Waals surface area contributed by atoms with Crippen molar-refractivity contribution in [3.05, 3.63) is 59.7 Å². The van der Waals surface area contributed by atoms with Crippen molar-refractivity contribution in [2.45, 2.75) is 18.4 Å². The van der Waals surface area contributed by atoms with Crippen molar-refractivity contribution < 1.29 is 32.4 Å². The normalized spacial score (nSPS) is 13.9. The highest BCUT2D eigenvalue weighted by Crippen LogP contribution is 2.44. The van der Waals surface area contributed by atoms with Crippen LogP contribution in [0.5, 0.6) is 0 Å². The number of carboxylic acid groups (broad SMARTS) is 1. The quantitative estimate of drug-likeness (QED) is 0.346. The Labute approximate surface area is 173 Å². The monoisotopic (exact) mass is 434 g/mol. The van der Waals surface area contributed by atoms with Crippen LogP contribution in [0.25, 0.3) is 11.1 Å². The van der Waals surface area contributed by atoms with Crippen molar-refractivity contribution in [3.8, 4) is 11.1 Å². The first-order valence-corrected chi connectivity index (χ1v) is 10.9. The number of nitrogens with one attached hydrogen (secondary N) is 2. The van der Waals surface area contributed by atoms with E-state index in [1.165, 1.54) is 0 Å². The van der Waals surface area contributed by atoms with Gasteiger partial charge in [0.15, 0.2) is 0 Å². The van der Waals surface area contributed by atoms with Gasteiger partial charge in [0.25, 0.3) is 10.1 Å². The predicted molar refractivity (Wildman–Crippen MR) is 109 cm³/mol. The number of carbonyl (C=O) groups excluding carboxylic acids is 1. The summed E-state index contributed by atoms with van der Waals surface area (Å²) in [5, 5.41) is 13.9. The number of aliphatic carboxylic acids is 1. The summed E-state index contributed by atoms with van der Waals surface area (Å²) >= 11 is 0. The van der Waals surface area contributed by atoms with Crippen molar-refractivity contribution in [1.29, 1.82) is 0 Å². The van der Waals surface area contributed by atoms with Crippen molar-refractivity contribution in [2.24, 2.45) is 0 Å². The Bertz CT molecular complexity index is 993. The maximum Gasteiger partial charge on any atom is 0.407 e. The lowest BCUT2D eigenvalue weighted by atomic mass is 9.98. The van der Waals surface area contributed by atoms with Crippen molar-refractivity contribution in [3.63, 3.8) is 0 Å². The highest BCUT2D eigenvalue weighted by Gasteiger charge is 2.29. The summed E-state index contributed by atoms with van der Waals surface area (Å²) in [6, 6.07) is 14.4. The van der Waals surface area contributed by atoms with Crippen LogP contribution in [-0.2, 0) is 19.6 Å². The number of carbonyl (C=O) groups is 2. The first kappa shape index (κ1) is 21.8. The lowest BCUT2D eigenvalue weighted by Gasteiger charge is -2.17. The number of amides is 1. The van der Waals surface area contributed by atoms with Crippen LogP contribution in [-0.4, -0.2) is 55.2 Å². The lowest BCUT2D eigenvalue weighted by Crippen LogP contribution is -2.43. The van der Waals surface area contributed by atoms with E-state index in [-0.39, 0.29) is 25.5 Å². The molecule has 0 aliphatic heterocycles. The molecule has 3 rings (SSSR count). The van der Waals surface area contributed by atoms with E-state index in [4.69, 9.17) is 9.29 Å². The molecule has 0 saturated carbocycles. The van der Waals surface area contributed by atoms with Crippen LogP contribution in [0.1, 0.15) is 23.5 Å². The molecule has 160 valence electrons. The molecule has 30 heavy (non-hydrogen) atoms. The Hall–Kier alpha value is -2.95. The standard InChI is InChI=1S/C20H22N2O7S/c23-19(24)18(9-10-21-12-30(26,27)28)22-20(25)29-11-17-15-7-3-1-5-13(15)14-6-2-4-8-16(14)17/h1-8,17-18,21H,9-12H2,(H,22,25)(H,23,24)(H,26,27,28)/t18-/m0/s1. The van der Waals surface area contributed by atoms with Gasteiger partial charge in [0.05, 0.1) is 0 Å². The van der Waals surface area contributed by atoms with Gasteiger partial charge >= 0.3 is 12.1 Å². The number of ether oxygens (including phenoxy) is 1. The summed E-state index contributed by atoms with van der Waals surface area (Å²) in [7, 11) is -4.20. The van der Waals surface area contributed by atoms with Gasteiger partial charge in [-0.3, -0.25) is 4.55 Å². The fraction of sp³-hybridized carbons (Fsp3) is 0.300. The van der Waals surface area contributed by atoms with Gasteiger partial charge in [0.2, 0.25) is 0 Å². The zero-order chi connectivity index (χ0) is 21.7. The Morgan fingerprint density at radius 2 is 1.60 bits per heavy atom. The third kappa shape index (κ3) is 5.35. The van der Waals surface area contributed by atoms with Gasteiger partial charge in [-0.25, -0.2) is 9.59 Å². The summed E-state index contributed by atoms with van der Waals surface area (Å²) in [5.74, 6) is -2.13. The van der Waals surface area contributed by atoms with E-state index in [1.54, 1.807) is 0 Å². The molecule has 2 aromatic rings. The maximum atomic E-state index is 12.2. The molecule has 0 spiro atoms. The molecule has 0 fully saturated rings. The smallest absolute Gasteiger partial charge is 0.407 e. The molecular weight excluding hydrogens is 412 g/mol. The Balaban J connectivity index is 1.57. The summed E-state index contributed by atoms with van der Waals surface area (Å²) in [6.45, 7) is 0.00756. The SMILES string of the molecule is O=C(N[C@@H](CCNCS(=O)(=O)O)C(=O)O)OCC1c2ccccc2-c2ccccc21. The second-order valence-electron chi connectivity index (χ2n) is 6.88. The maximum absolute atomic E-state index is 12.2. The third-order valence-corrected chi connectivity index (χ3v) is 5.40. The average molecular weight is 434 g/mol. The average Bonchev–Trinajstić information content (AvgIpc) is 3.01. The van der Waals surface area contributed by atoms with Crippen LogP contribution in [0.2, 0.25) is 0 Å². The molecule has 0 radical (unpaired) electrons. The largest absolute Gasteiger partial charge is 0.480 e. The van der Waals surface area contributed by atoms with Gasteiger partial charge in [-0.1, -0.05) is 48.5 Å². The van der Waals surface area contributed by atoms with E-state index in [9.17, 15) is 23.1 Å². The number of alkyl carbamates (subject to hydrolysis) is 1. The summed E-state index contributed by atoms with van der Waals surface area (Å²) in [4.78, 5) is 23.5.